The van der Waals surface area contributed by atoms with Crippen molar-refractivity contribution in [3.8, 4) is 0 Å². The Morgan fingerprint density at radius 3 is 2.89 bits per heavy atom. The van der Waals surface area contributed by atoms with E-state index in [1.54, 1.807) is 0 Å². The maximum Gasteiger partial charge on any atom is 0.322 e. The number of hydrogen-bond donors (Lipinski definition) is 2. The minimum atomic E-state index is -0.999. The van der Waals surface area contributed by atoms with Gasteiger partial charge in [-0.2, -0.15) is 0 Å². The summed E-state index contributed by atoms with van der Waals surface area (Å²) >= 11 is 0. The molecule has 0 aliphatic rings. The first-order chi connectivity index (χ1) is 8.90. The number of benzene rings is 1. The summed E-state index contributed by atoms with van der Waals surface area (Å²) < 4.78 is 2.02. The van der Waals surface area contributed by atoms with Gasteiger partial charge in [0, 0.05) is 26.3 Å². The first-order valence-corrected chi connectivity index (χ1v) is 6.02. The second-order valence-corrected chi connectivity index (χ2v) is 4.72. The van der Waals surface area contributed by atoms with Gasteiger partial charge in [0.15, 0.2) is 0 Å². The number of carboxylic acid groups (broad SMARTS) is 1. The predicted molar refractivity (Wildman–Crippen MR) is 74.3 cm³/mol. The summed E-state index contributed by atoms with van der Waals surface area (Å²) in [6.07, 6.45) is 0. The number of anilines is 1. The fourth-order valence-corrected chi connectivity index (χ4v) is 2.02. The highest BCUT2D eigenvalue weighted by Gasteiger charge is 2.15. The molecule has 3 N–H and O–H groups in total. The lowest BCUT2D eigenvalue weighted by Crippen LogP contribution is -2.41. The van der Waals surface area contributed by atoms with Crippen LogP contribution < -0.4 is 10.6 Å². The van der Waals surface area contributed by atoms with E-state index in [0.29, 0.717) is 0 Å². The number of likely N-dealkylation sites (N-methyl/N-ethyl adjacent to an activating group) is 1. The Morgan fingerprint density at radius 2 is 2.26 bits per heavy atom. The number of aliphatic carboxylic acids is 1. The van der Waals surface area contributed by atoms with Gasteiger partial charge in [-0.15, -0.1) is 0 Å². The number of hydrogen-bond acceptors (Lipinski definition) is 4. The van der Waals surface area contributed by atoms with Crippen molar-refractivity contribution in [2.75, 3.05) is 18.5 Å². The van der Waals surface area contributed by atoms with Crippen LogP contribution in [0.1, 0.15) is 5.82 Å². The molecule has 0 bridgehead atoms. The molecule has 2 aromatic rings. The third-order valence-electron chi connectivity index (χ3n) is 3.32. The molecule has 102 valence electrons. The first kappa shape index (κ1) is 13.4. The quantitative estimate of drug-likeness (QED) is 0.848. The van der Waals surface area contributed by atoms with E-state index in [0.717, 1.165) is 22.5 Å². The molecule has 0 aliphatic carbocycles. The zero-order valence-corrected chi connectivity index (χ0v) is 11.3. The van der Waals surface area contributed by atoms with Gasteiger partial charge in [0.05, 0.1) is 11.0 Å². The molecule has 1 unspecified atom stereocenters. The average molecular weight is 262 g/mol. The molecule has 0 spiro atoms. The number of nitrogens with two attached hydrogens (primary N) is 1. The third-order valence-corrected chi connectivity index (χ3v) is 3.32. The molecule has 0 fully saturated rings. The van der Waals surface area contributed by atoms with Crippen LogP contribution in [0.25, 0.3) is 11.0 Å². The number of carboxylic acids is 1. The van der Waals surface area contributed by atoms with Crippen molar-refractivity contribution in [1.29, 1.82) is 0 Å². The number of aryl methyl sites for hydroxylation is 2. The lowest BCUT2D eigenvalue weighted by molar-refractivity contribution is -0.138. The molecule has 0 saturated carbocycles. The number of imidazole rings is 1. The van der Waals surface area contributed by atoms with E-state index >= 15 is 0 Å². The average Bonchev–Trinajstić information content (AvgIpc) is 2.64. The molecule has 6 heteroatoms. The molecular weight excluding hydrogens is 244 g/mol. The summed E-state index contributed by atoms with van der Waals surface area (Å²) in [5.41, 5.74) is 8.39. The topological polar surface area (TPSA) is 84.4 Å². The first-order valence-electron chi connectivity index (χ1n) is 6.02. The highest BCUT2D eigenvalue weighted by Crippen LogP contribution is 2.21. The van der Waals surface area contributed by atoms with Crippen LogP contribution in [0, 0.1) is 6.92 Å². The minimum Gasteiger partial charge on any atom is -0.480 e. The van der Waals surface area contributed by atoms with Crippen LogP contribution in [0.15, 0.2) is 18.2 Å². The fourth-order valence-electron chi connectivity index (χ4n) is 2.02. The Kier molecular flexibility index (Phi) is 3.44. The van der Waals surface area contributed by atoms with E-state index in [9.17, 15) is 4.79 Å². The number of carbonyl (C=O) groups is 1. The van der Waals surface area contributed by atoms with Gasteiger partial charge >= 0.3 is 5.97 Å². The maximum absolute atomic E-state index is 10.8. The molecule has 19 heavy (non-hydrogen) atoms. The molecular formula is C13H18N4O2. The monoisotopic (exact) mass is 262 g/mol. The lowest BCUT2D eigenvalue weighted by atomic mass is 10.2. The molecule has 0 amide bonds. The Hall–Kier alpha value is -2.08. The van der Waals surface area contributed by atoms with Crippen LogP contribution in [0.2, 0.25) is 0 Å². The Morgan fingerprint density at radius 1 is 1.58 bits per heavy atom. The summed E-state index contributed by atoms with van der Waals surface area (Å²) in [5.74, 6) is -0.0568. The zero-order chi connectivity index (χ0) is 14.2. The van der Waals surface area contributed by atoms with Crippen LogP contribution in [0.5, 0.6) is 0 Å². The van der Waals surface area contributed by atoms with Crippen LogP contribution in [0.4, 0.5) is 5.69 Å². The SMILES string of the molecule is Cc1nc2cc(N(C)CC(N)C(=O)O)ccc2n1C. The van der Waals surface area contributed by atoms with E-state index in [4.69, 9.17) is 10.8 Å². The normalized spacial score (nSPS) is 12.6. The van der Waals surface area contributed by atoms with Gasteiger partial charge in [0.1, 0.15) is 11.9 Å². The van der Waals surface area contributed by atoms with E-state index in [-0.39, 0.29) is 6.54 Å². The molecule has 1 heterocycles. The van der Waals surface area contributed by atoms with Gasteiger partial charge in [0.2, 0.25) is 0 Å². The summed E-state index contributed by atoms with van der Waals surface area (Å²) in [6, 6.07) is 4.97. The molecule has 0 radical (unpaired) electrons. The Labute approximate surface area is 111 Å². The van der Waals surface area contributed by atoms with Gasteiger partial charge < -0.3 is 20.3 Å². The van der Waals surface area contributed by atoms with Crippen LogP contribution in [-0.2, 0) is 11.8 Å². The van der Waals surface area contributed by atoms with Crippen molar-refractivity contribution in [3.63, 3.8) is 0 Å². The summed E-state index contributed by atoms with van der Waals surface area (Å²) in [6.45, 7) is 2.20. The summed E-state index contributed by atoms with van der Waals surface area (Å²) in [7, 11) is 3.79. The van der Waals surface area contributed by atoms with Crippen molar-refractivity contribution < 1.29 is 9.90 Å². The molecule has 1 atom stereocenters. The second-order valence-electron chi connectivity index (χ2n) is 4.72. The van der Waals surface area contributed by atoms with E-state index < -0.39 is 12.0 Å². The fraction of sp³-hybridized carbons (Fsp3) is 0.385. The number of aromatic nitrogens is 2. The predicted octanol–water partition coefficient (Wildman–Crippen LogP) is 0.730. The van der Waals surface area contributed by atoms with E-state index in [1.165, 1.54) is 0 Å². The molecule has 1 aromatic heterocycles. The van der Waals surface area contributed by atoms with Crippen molar-refractivity contribution in [3.05, 3.63) is 24.0 Å². The van der Waals surface area contributed by atoms with Crippen molar-refractivity contribution >= 4 is 22.7 Å². The minimum absolute atomic E-state index is 0.257. The summed E-state index contributed by atoms with van der Waals surface area (Å²) in [4.78, 5) is 17.0. The Balaban J connectivity index is 2.28. The van der Waals surface area contributed by atoms with E-state index in [1.807, 2.05) is 48.7 Å². The number of fused-ring (bicyclic) bond motifs is 1. The van der Waals surface area contributed by atoms with Crippen LogP contribution in [-0.4, -0.2) is 40.3 Å². The highest BCUT2D eigenvalue weighted by atomic mass is 16.4. The highest BCUT2D eigenvalue weighted by molar-refractivity contribution is 5.81. The van der Waals surface area contributed by atoms with E-state index in [2.05, 4.69) is 4.98 Å². The van der Waals surface area contributed by atoms with Gasteiger partial charge in [-0.1, -0.05) is 0 Å². The van der Waals surface area contributed by atoms with Gasteiger partial charge in [-0.05, 0) is 25.1 Å². The molecule has 2 rings (SSSR count). The second kappa shape index (κ2) is 4.89. The molecule has 6 nitrogen and oxygen atoms in total. The standard InChI is InChI=1S/C13H18N4O2/c1-8-15-11-6-9(4-5-12(11)17(8)3)16(2)7-10(14)13(18)19/h4-6,10H,7,14H2,1-3H3,(H,18,19). The number of rotatable bonds is 4. The molecule has 0 aliphatic heterocycles. The van der Waals surface area contributed by atoms with Crippen LogP contribution in [0.3, 0.4) is 0 Å². The smallest absolute Gasteiger partial charge is 0.322 e. The van der Waals surface area contributed by atoms with Crippen molar-refractivity contribution in [2.24, 2.45) is 12.8 Å². The van der Waals surface area contributed by atoms with Crippen LogP contribution >= 0.6 is 0 Å². The largest absolute Gasteiger partial charge is 0.480 e. The van der Waals surface area contributed by atoms with Crippen molar-refractivity contribution in [1.82, 2.24) is 9.55 Å². The van der Waals surface area contributed by atoms with Gasteiger partial charge in [-0.25, -0.2) is 4.98 Å². The molecule has 0 saturated heterocycles. The zero-order valence-electron chi connectivity index (χ0n) is 11.3. The Bertz CT molecular complexity index is 620. The maximum atomic E-state index is 10.8. The lowest BCUT2D eigenvalue weighted by Gasteiger charge is -2.21. The van der Waals surface area contributed by atoms with Gasteiger partial charge in [-0.3, -0.25) is 4.79 Å². The molecule has 1 aromatic carbocycles. The third kappa shape index (κ3) is 2.53. The van der Waals surface area contributed by atoms with Gasteiger partial charge in [0.25, 0.3) is 0 Å². The summed E-state index contributed by atoms with van der Waals surface area (Å²) in [5, 5.41) is 8.82. The van der Waals surface area contributed by atoms with Crippen molar-refractivity contribution in [2.45, 2.75) is 13.0 Å². The number of nitrogens with zero attached hydrogens (tertiary/aromatic N) is 3.